The summed E-state index contributed by atoms with van der Waals surface area (Å²) >= 11 is 0. The van der Waals surface area contributed by atoms with E-state index in [0.717, 1.165) is 6.42 Å². The van der Waals surface area contributed by atoms with Gasteiger partial charge in [-0.1, -0.05) is 36.4 Å². The molecule has 0 aromatic heterocycles. The van der Waals surface area contributed by atoms with Crippen LogP contribution in [0.3, 0.4) is 0 Å². The molecule has 3 aromatic rings. The maximum atomic E-state index is 14.1. The van der Waals surface area contributed by atoms with Crippen molar-refractivity contribution in [2.24, 2.45) is 0 Å². The lowest BCUT2D eigenvalue weighted by molar-refractivity contribution is 0.102. The summed E-state index contributed by atoms with van der Waals surface area (Å²) in [6.45, 7) is 1.23. The number of ether oxygens (including phenoxy) is 1. The summed E-state index contributed by atoms with van der Waals surface area (Å²) in [6.07, 6.45) is 0.726. The van der Waals surface area contributed by atoms with Gasteiger partial charge in [-0.05, 0) is 42.8 Å². The standard InChI is InChI=1S/C25H24FN3O3/c1-32-23-13-12-20(27-24(30)18-8-3-2-4-9-18)16-22(23)29-15-7-14-28(25(29)31)17-19-10-5-6-11-21(19)26/h2-6,8-13,16H,7,14-15,17H2,1H3,(H,27,30). The summed E-state index contributed by atoms with van der Waals surface area (Å²) in [6, 6.07) is 20.3. The van der Waals surface area contributed by atoms with Crippen molar-refractivity contribution < 1.29 is 18.7 Å². The Morgan fingerprint density at radius 1 is 1.03 bits per heavy atom. The highest BCUT2D eigenvalue weighted by Crippen LogP contribution is 2.34. The van der Waals surface area contributed by atoms with Crippen LogP contribution in [0.4, 0.5) is 20.6 Å². The smallest absolute Gasteiger partial charge is 0.324 e. The fourth-order valence-electron chi connectivity index (χ4n) is 3.76. The molecule has 0 atom stereocenters. The Morgan fingerprint density at radius 2 is 1.78 bits per heavy atom. The molecule has 0 saturated carbocycles. The number of nitrogens with zero attached hydrogens (tertiary/aromatic N) is 2. The maximum absolute atomic E-state index is 14.1. The molecule has 0 unspecified atom stereocenters. The summed E-state index contributed by atoms with van der Waals surface area (Å²) in [5, 5.41) is 2.87. The molecular formula is C25H24FN3O3. The van der Waals surface area contributed by atoms with Crippen molar-refractivity contribution in [2.75, 3.05) is 30.4 Å². The van der Waals surface area contributed by atoms with Crippen molar-refractivity contribution in [2.45, 2.75) is 13.0 Å². The van der Waals surface area contributed by atoms with Crippen LogP contribution < -0.4 is 15.0 Å². The Morgan fingerprint density at radius 3 is 2.53 bits per heavy atom. The van der Waals surface area contributed by atoms with Crippen molar-refractivity contribution >= 4 is 23.3 Å². The Bertz CT molecular complexity index is 1120. The van der Waals surface area contributed by atoms with Gasteiger partial charge in [0.2, 0.25) is 0 Å². The monoisotopic (exact) mass is 433 g/mol. The topological polar surface area (TPSA) is 61.9 Å². The van der Waals surface area contributed by atoms with E-state index in [0.29, 0.717) is 41.3 Å². The van der Waals surface area contributed by atoms with E-state index in [2.05, 4.69) is 5.32 Å². The molecule has 0 radical (unpaired) electrons. The minimum absolute atomic E-state index is 0.189. The second-order valence-corrected chi connectivity index (χ2v) is 7.51. The fraction of sp³-hybridized carbons (Fsp3) is 0.200. The lowest BCUT2D eigenvalue weighted by Crippen LogP contribution is -2.49. The Hall–Kier alpha value is -3.87. The third-order valence-corrected chi connectivity index (χ3v) is 5.39. The number of nitrogens with one attached hydrogen (secondary N) is 1. The van der Waals surface area contributed by atoms with Crippen molar-refractivity contribution in [1.82, 2.24) is 4.90 Å². The van der Waals surface area contributed by atoms with Crippen LogP contribution in [0.2, 0.25) is 0 Å². The summed E-state index contributed by atoms with van der Waals surface area (Å²) < 4.78 is 19.6. The second-order valence-electron chi connectivity index (χ2n) is 7.51. The third kappa shape index (κ3) is 4.56. The van der Waals surface area contributed by atoms with Crippen LogP contribution in [0, 0.1) is 5.82 Å². The Labute approximate surface area is 186 Å². The number of hydrogen-bond acceptors (Lipinski definition) is 3. The molecule has 3 amide bonds. The largest absolute Gasteiger partial charge is 0.495 e. The predicted molar refractivity (Wildman–Crippen MR) is 122 cm³/mol. The van der Waals surface area contributed by atoms with E-state index >= 15 is 0 Å². The zero-order chi connectivity index (χ0) is 22.5. The first kappa shape index (κ1) is 21.4. The van der Waals surface area contributed by atoms with Gasteiger partial charge in [-0.15, -0.1) is 0 Å². The highest BCUT2D eigenvalue weighted by atomic mass is 19.1. The molecule has 1 saturated heterocycles. The van der Waals surface area contributed by atoms with E-state index in [-0.39, 0.29) is 24.3 Å². The maximum Gasteiger partial charge on any atom is 0.324 e. The average Bonchev–Trinajstić information content (AvgIpc) is 2.82. The molecule has 1 heterocycles. The van der Waals surface area contributed by atoms with Gasteiger partial charge in [-0.25, -0.2) is 9.18 Å². The molecule has 1 aliphatic rings. The van der Waals surface area contributed by atoms with Gasteiger partial charge in [0.15, 0.2) is 0 Å². The number of amides is 3. The lowest BCUT2D eigenvalue weighted by Gasteiger charge is -2.36. The first-order chi connectivity index (χ1) is 15.6. The van der Waals surface area contributed by atoms with Gasteiger partial charge in [0.1, 0.15) is 11.6 Å². The SMILES string of the molecule is COc1ccc(NC(=O)c2ccccc2)cc1N1CCCN(Cc2ccccc2F)C1=O. The molecule has 164 valence electrons. The molecule has 6 nitrogen and oxygen atoms in total. The van der Waals surface area contributed by atoms with Gasteiger partial charge in [-0.3, -0.25) is 9.69 Å². The molecule has 7 heteroatoms. The number of carbonyl (C=O) groups excluding carboxylic acids is 2. The zero-order valence-corrected chi connectivity index (χ0v) is 17.8. The number of carbonyl (C=O) groups is 2. The van der Waals surface area contributed by atoms with Gasteiger partial charge in [0.25, 0.3) is 5.91 Å². The summed E-state index contributed by atoms with van der Waals surface area (Å²) in [5.41, 5.74) is 2.11. The third-order valence-electron chi connectivity index (χ3n) is 5.39. The average molecular weight is 433 g/mol. The fourth-order valence-corrected chi connectivity index (χ4v) is 3.76. The lowest BCUT2D eigenvalue weighted by atomic mass is 10.1. The van der Waals surface area contributed by atoms with Crippen LogP contribution in [0.25, 0.3) is 0 Å². The molecule has 1 aliphatic heterocycles. The van der Waals surface area contributed by atoms with E-state index in [4.69, 9.17) is 4.74 Å². The van der Waals surface area contributed by atoms with Crippen LogP contribution >= 0.6 is 0 Å². The number of urea groups is 1. The van der Waals surface area contributed by atoms with Crippen molar-refractivity contribution in [3.8, 4) is 5.75 Å². The summed E-state index contributed by atoms with van der Waals surface area (Å²) in [7, 11) is 1.53. The Balaban J connectivity index is 1.57. The number of hydrogen-bond donors (Lipinski definition) is 1. The molecule has 32 heavy (non-hydrogen) atoms. The molecule has 3 aromatic carbocycles. The van der Waals surface area contributed by atoms with Gasteiger partial charge in [0.05, 0.1) is 19.3 Å². The first-order valence-corrected chi connectivity index (χ1v) is 10.4. The normalized spacial score (nSPS) is 13.8. The van der Waals surface area contributed by atoms with Crippen molar-refractivity contribution in [3.05, 3.63) is 89.7 Å². The van der Waals surface area contributed by atoms with Crippen LogP contribution in [0.1, 0.15) is 22.3 Å². The van der Waals surface area contributed by atoms with Gasteiger partial charge in [0, 0.05) is 29.9 Å². The van der Waals surface area contributed by atoms with E-state index < -0.39 is 0 Å². The van der Waals surface area contributed by atoms with Gasteiger partial charge in [-0.2, -0.15) is 0 Å². The zero-order valence-electron chi connectivity index (χ0n) is 17.8. The number of benzene rings is 3. The number of methoxy groups -OCH3 is 1. The highest BCUT2D eigenvalue weighted by molar-refractivity contribution is 6.05. The van der Waals surface area contributed by atoms with Crippen LogP contribution in [0.5, 0.6) is 5.75 Å². The van der Waals surface area contributed by atoms with Crippen molar-refractivity contribution in [1.29, 1.82) is 0 Å². The summed E-state index contributed by atoms with van der Waals surface area (Å²) in [4.78, 5) is 29.0. The first-order valence-electron chi connectivity index (χ1n) is 10.4. The quantitative estimate of drug-likeness (QED) is 0.600. The number of halogens is 1. The van der Waals surface area contributed by atoms with Crippen LogP contribution in [-0.4, -0.2) is 37.0 Å². The Kier molecular flexibility index (Phi) is 6.35. The van der Waals surface area contributed by atoms with E-state index in [1.165, 1.54) is 13.2 Å². The van der Waals surface area contributed by atoms with Gasteiger partial charge >= 0.3 is 6.03 Å². The highest BCUT2D eigenvalue weighted by Gasteiger charge is 2.29. The van der Waals surface area contributed by atoms with E-state index in [1.807, 2.05) is 6.07 Å². The van der Waals surface area contributed by atoms with Crippen LogP contribution in [0.15, 0.2) is 72.8 Å². The molecule has 0 aliphatic carbocycles. The molecule has 0 spiro atoms. The molecular weight excluding hydrogens is 409 g/mol. The van der Waals surface area contributed by atoms with Crippen LogP contribution in [-0.2, 0) is 6.54 Å². The molecule has 4 rings (SSSR count). The minimum atomic E-state index is -0.333. The number of anilines is 2. The molecule has 1 fully saturated rings. The summed E-state index contributed by atoms with van der Waals surface area (Å²) in [5.74, 6) is -0.0581. The molecule has 0 bridgehead atoms. The second kappa shape index (κ2) is 9.51. The minimum Gasteiger partial charge on any atom is -0.495 e. The number of rotatable bonds is 6. The van der Waals surface area contributed by atoms with E-state index in [9.17, 15) is 14.0 Å². The molecule has 1 N–H and O–H groups in total. The predicted octanol–water partition coefficient (Wildman–Crippen LogP) is 4.92. The van der Waals surface area contributed by atoms with E-state index in [1.54, 1.807) is 70.5 Å². The van der Waals surface area contributed by atoms with Gasteiger partial charge < -0.3 is 15.0 Å². The van der Waals surface area contributed by atoms with Crippen molar-refractivity contribution in [3.63, 3.8) is 0 Å².